The summed E-state index contributed by atoms with van der Waals surface area (Å²) in [4.78, 5) is 39.8. The van der Waals surface area contributed by atoms with Gasteiger partial charge in [0.25, 0.3) is 11.8 Å². The van der Waals surface area contributed by atoms with Gasteiger partial charge in [0.15, 0.2) is 11.4 Å². The molecule has 1 unspecified atom stereocenters. The lowest BCUT2D eigenvalue weighted by atomic mass is 10.0. The molecule has 0 bridgehead atoms. The molecular formula is C20H20F2N4O4. The summed E-state index contributed by atoms with van der Waals surface area (Å²) < 4.78 is 28.4. The number of nitrogens with two attached hydrogens (primary N) is 1. The summed E-state index contributed by atoms with van der Waals surface area (Å²) >= 11 is 0. The average molecular weight is 418 g/mol. The van der Waals surface area contributed by atoms with E-state index in [-0.39, 0.29) is 35.1 Å². The Morgan fingerprint density at radius 2 is 2.07 bits per heavy atom. The first-order chi connectivity index (χ1) is 14.2. The molecule has 0 spiro atoms. The fourth-order valence-corrected chi connectivity index (χ4v) is 4.22. The largest absolute Gasteiger partial charge is 0.503 e. The van der Waals surface area contributed by atoms with Gasteiger partial charge in [-0.3, -0.25) is 14.4 Å². The third-order valence-corrected chi connectivity index (χ3v) is 5.65. The van der Waals surface area contributed by atoms with Gasteiger partial charge in [-0.15, -0.1) is 0 Å². The van der Waals surface area contributed by atoms with Gasteiger partial charge in [-0.1, -0.05) is 6.07 Å². The van der Waals surface area contributed by atoms with Crippen molar-refractivity contribution in [3.63, 3.8) is 0 Å². The van der Waals surface area contributed by atoms with Crippen LogP contribution in [0.5, 0.6) is 5.75 Å². The summed E-state index contributed by atoms with van der Waals surface area (Å²) in [6.07, 6.45) is 0.395. The van der Waals surface area contributed by atoms with Crippen LogP contribution in [0.3, 0.4) is 0 Å². The van der Waals surface area contributed by atoms with Crippen LogP contribution in [0.4, 0.5) is 8.78 Å². The number of hydrogen-bond donors (Lipinski definition) is 3. The van der Waals surface area contributed by atoms with Gasteiger partial charge in [0.2, 0.25) is 5.43 Å². The molecule has 0 radical (unpaired) electrons. The number of nitrogens with zero attached hydrogens (tertiary/aromatic N) is 2. The van der Waals surface area contributed by atoms with Crippen molar-refractivity contribution >= 4 is 11.8 Å². The number of pyridine rings is 1. The van der Waals surface area contributed by atoms with Crippen molar-refractivity contribution in [1.29, 1.82) is 0 Å². The molecule has 158 valence electrons. The number of nitrogens with one attached hydrogen (secondary N) is 1. The van der Waals surface area contributed by atoms with Crippen molar-refractivity contribution < 1.29 is 23.5 Å². The molecule has 4 rings (SSSR count). The molecule has 8 nitrogen and oxygen atoms in total. The zero-order valence-corrected chi connectivity index (χ0v) is 16.1. The second-order valence-corrected chi connectivity index (χ2v) is 7.41. The second kappa shape index (κ2) is 7.21. The summed E-state index contributed by atoms with van der Waals surface area (Å²) in [7, 11) is 0. The predicted molar refractivity (Wildman–Crippen MR) is 102 cm³/mol. The zero-order chi connectivity index (χ0) is 21.7. The minimum Gasteiger partial charge on any atom is -0.503 e. The van der Waals surface area contributed by atoms with Gasteiger partial charge in [-0.25, -0.2) is 8.78 Å². The van der Waals surface area contributed by atoms with E-state index in [0.717, 1.165) is 6.07 Å². The Balaban J connectivity index is 1.75. The number of aromatic nitrogens is 1. The van der Waals surface area contributed by atoms with Crippen molar-refractivity contribution in [3.05, 3.63) is 62.6 Å². The maximum Gasteiger partial charge on any atom is 0.274 e. The Morgan fingerprint density at radius 3 is 2.73 bits per heavy atom. The minimum atomic E-state index is -1.00. The van der Waals surface area contributed by atoms with Crippen molar-refractivity contribution in [1.82, 2.24) is 14.8 Å². The molecular weight excluding hydrogens is 398 g/mol. The summed E-state index contributed by atoms with van der Waals surface area (Å²) in [6.45, 7) is 2.24. The Bertz CT molecular complexity index is 1130. The smallest absolute Gasteiger partial charge is 0.274 e. The molecule has 2 atom stereocenters. The van der Waals surface area contributed by atoms with E-state index in [4.69, 9.17) is 5.73 Å². The number of aromatic hydroxyl groups is 1. The fraction of sp³-hybridized carbons (Fsp3) is 0.350. The van der Waals surface area contributed by atoms with Crippen molar-refractivity contribution in [2.24, 2.45) is 5.73 Å². The van der Waals surface area contributed by atoms with Gasteiger partial charge >= 0.3 is 0 Å². The van der Waals surface area contributed by atoms with Gasteiger partial charge in [-0.05, 0) is 19.4 Å². The van der Waals surface area contributed by atoms with Gasteiger partial charge in [-0.2, -0.15) is 0 Å². The Kier molecular flexibility index (Phi) is 4.81. The lowest BCUT2D eigenvalue weighted by Gasteiger charge is -2.33. The van der Waals surface area contributed by atoms with E-state index >= 15 is 0 Å². The predicted octanol–water partition coefficient (Wildman–Crippen LogP) is 1.18. The molecule has 3 heterocycles. The molecule has 0 fully saturated rings. The Labute approximate surface area is 169 Å². The van der Waals surface area contributed by atoms with Crippen molar-refractivity contribution in [2.75, 3.05) is 13.1 Å². The normalized spacial score (nSPS) is 19.7. The summed E-state index contributed by atoms with van der Waals surface area (Å²) in [5, 5.41) is 12.9. The lowest BCUT2D eigenvalue weighted by Crippen LogP contribution is -2.44. The molecule has 2 aliphatic rings. The third kappa shape index (κ3) is 2.95. The van der Waals surface area contributed by atoms with Crippen LogP contribution < -0.4 is 16.5 Å². The van der Waals surface area contributed by atoms with E-state index in [2.05, 4.69) is 5.32 Å². The number of benzene rings is 1. The maximum atomic E-state index is 13.8. The van der Waals surface area contributed by atoms with E-state index in [1.807, 2.05) is 0 Å². The van der Waals surface area contributed by atoms with Crippen LogP contribution in [0.15, 0.2) is 23.0 Å². The van der Waals surface area contributed by atoms with E-state index in [1.54, 1.807) is 6.92 Å². The van der Waals surface area contributed by atoms with Gasteiger partial charge in [0.05, 0.1) is 11.7 Å². The molecule has 0 saturated carbocycles. The van der Waals surface area contributed by atoms with Gasteiger partial charge in [0, 0.05) is 37.3 Å². The molecule has 30 heavy (non-hydrogen) atoms. The second-order valence-electron chi connectivity index (χ2n) is 7.41. The van der Waals surface area contributed by atoms with Crippen LogP contribution in [0.1, 0.15) is 57.5 Å². The van der Waals surface area contributed by atoms with Crippen LogP contribution >= 0.6 is 0 Å². The number of carbonyl (C=O) groups is 2. The highest BCUT2D eigenvalue weighted by atomic mass is 19.1. The molecule has 2 amide bonds. The molecule has 1 aromatic carbocycles. The van der Waals surface area contributed by atoms with Crippen LogP contribution in [0.25, 0.3) is 0 Å². The monoisotopic (exact) mass is 418 g/mol. The molecule has 0 saturated heterocycles. The first kappa shape index (κ1) is 20.0. The van der Waals surface area contributed by atoms with Gasteiger partial charge < -0.3 is 25.6 Å². The number of rotatable bonds is 4. The number of likely N-dealkylation sites (N-methyl/N-ethyl adjacent to an activating group) is 1. The molecule has 0 aliphatic carbocycles. The molecule has 10 heteroatoms. The lowest BCUT2D eigenvalue weighted by molar-refractivity contribution is 0.0675. The summed E-state index contributed by atoms with van der Waals surface area (Å²) in [5.74, 6) is -3.76. The van der Waals surface area contributed by atoms with Crippen LogP contribution in [-0.4, -0.2) is 39.5 Å². The molecule has 1 aromatic heterocycles. The van der Waals surface area contributed by atoms with Gasteiger partial charge in [0.1, 0.15) is 17.2 Å². The van der Waals surface area contributed by atoms with Crippen molar-refractivity contribution in [3.8, 4) is 5.75 Å². The first-order valence-corrected chi connectivity index (χ1v) is 9.52. The fourth-order valence-electron chi connectivity index (χ4n) is 4.22. The quantitative estimate of drug-likeness (QED) is 0.689. The molecule has 2 aromatic rings. The topological polar surface area (TPSA) is 118 Å². The zero-order valence-electron chi connectivity index (χ0n) is 16.1. The van der Waals surface area contributed by atoms with E-state index in [0.29, 0.717) is 25.6 Å². The van der Waals surface area contributed by atoms with E-state index in [9.17, 15) is 28.3 Å². The standard InChI is InChI=1S/C20H20F2N4O4/c1-2-25-8-11-6-13(23)15-14(17(27)18(28)16(20(25)30)26(11)15)19(29)24-7-9-3-4-10(21)5-12(9)22/h3-5,11,13,28H,2,6-8,23H2,1H3,(H,24,29)/t11-,13?/m0/s1. The van der Waals surface area contributed by atoms with E-state index < -0.39 is 40.7 Å². The van der Waals surface area contributed by atoms with Crippen LogP contribution in [0.2, 0.25) is 0 Å². The van der Waals surface area contributed by atoms with Crippen molar-refractivity contribution in [2.45, 2.75) is 32.0 Å². The molecule has 2 aliphatic heterocycles. The maximum absolute atomic E-state index is 13.8. The average Bonchev–Trinajstić information content (AvgIpc) is 3.02. The third-order valence-electron chi connectivity index (χ3n) is 5.65. The summed E-state index contributed by atoms with van der Waals surface area (Å²) in [6, 6.07) is 1.97. The molecule has 4 N–H and O–H groups in total. The minimum absolute atomic E-state index is 0.0272. The SMILES string of the molecule is CCN1C[C@@H]2CC(N)c3c(C(=O)NCc4ccc(F)cc4F)c(=O)c(O)c(n32)C1=O. The highest BCUT2D eigenvalue weighted by Crippen LogP contribution is 2.40. The Hall–Kier alpha value is -3.27. The van der Waals surface area contributed by atoms with Crippen LogP contribution in [-0.2, 0) is 6.54 Å². The van der Waals surface area contributed by atoms with Crippen LogP contribution in [0, 0.1) is 11.6 Å². The number of hydrogen-bond acceptors (Lipinski definition) is 5. The highest BCUT2D eigenvalue weighted by Gasteiger charge is 2.43. The number of amides is 2. The Morgan fingerprint density at radius 1 is 1.33 bits per heavy atom. The summed E-state index contributed by atoms with van der Waals surface area (Å²) in [5.41, 5.74) is 4.86. The first-order valence-electron chi connectivity index (χ1n) is 9.52. The van der Waals surface area contributed by atoms with E-state index in [1.165, 1.54) is 15.5 Å². The number of carbonyl (C=O) groups excluding carboxylic acids is 2. The highest BCUT2D eigenvalue weighted by molar-refractivity contribution is 6.00. The number of halogens is 2.